The quantitative estimate of drug-likeness (QED) is 0.806. The Kier molecular flexibility index (Phi) is 5.18. The molecule has 3 amide bonds. The molecule has 0 unspecified atom stereocenters. The van der Waals surface area contributed by atoms with Crippen LogP contribution in [0.25, 0.3) is 0 Å². The Hall–Kier alpha value is -1.50. The molecule has 0 aliphatic carbocycles. The number of ether oxygens (including phenoxy) is 1. The fourth-order valence-corrected chi connectivity index (χ4v) is 3.39. The van der Waals surface area contributed by atoms with E-state index in [0.29, 0.717) is 28.8 Å². The highest BCUT2D eigenvalue weighted by Crippen LogP contribution is 2.29. The summed E-state index contributed by atoms with van der Waals surface area (Å²) in [6.45, 7) is 0.404. The maximum atomic E-state index is 12.3. The predicted octanol–water partition coefficient (Wildman–Crippen LogP) is 2.55. The number of halogens is 2. The number of carbonyl (C=O) groups excluding carboxylic acids is 2. The van der Waals surface area contributed by atoms with E-state index in [-0.39, 0.29) is 31.1 Å². The lowest BCUT2D eigenvalue weighted by atomic mass is 10.0. The number of hydrogen-bond donors (Lipinski definition) is 1. The van der Waals surface area contributed by atoms with Gasteiger partial charge in [-0.2, -0.15) is 0 Å². The average molecular weight is 373 g/mol. The number of urea groups is 1. The summed E-state index contributed by atoms with van der Waals surface area (Å²) in [5.74, 6) is 0.110. The van der Waals surface area contributed by atoms with Crippen LogP contribution in [-0.4, -0.2) is 58.7 Å². The molecule has 0 spiro atoms. The van der Waals surface area contributed by atoms with Crippen molar-refractivity contribution in [2.75, 3.05) is 19.7 Å². The summed E-state index contributed by atoms with van der Waals surface area (Å²) in [4.78, 5) is 27.3. The van der Waals surface area contributed by atoms with Crippen molar-refractivity contribution < 1.29 is 19.4 Å². The molecule has 1 aromatic carbocycles. The first kappa shape index (κ1) is 17.3. The molecule has 2 fully saturated rings. The number of amides is 3. The van der Waals surface area contributed by atoms with Crippen molar-refractivity contribution in [3.63, 3.8) is 0 Å². The Bertz CT molecular complexity index is 631. The summed E-state index contributed by atoms with van der Waals surface area (Å²) in [5.41, 5.74) is 0. The van der Waals surface area contributed by atoms with Crippen LogP contribution in [0.15, 0.2) is 18.2 Å². The molecule has 6 nitrogen and oxygen atoms in total. The maximum Gasteiger partial charge on any atom is 0.327 e. The van der Waals surface area contributed by atoms with Crippen LogP contribution >= 0.6 is 23.2 Å². The van der Waals surface area contributed by atoms with Crippen LogP contribution in [0.2, 0.25) is 10.0 Å². The third-order valence-electron chi connectivity index (χ3n) is 4.25. The minimum Gasteiger partial charge on any atom is -0.489 e. The molecule has 2 atom stereocenters. The largest absolute Gasteiger partial charge is 0.489 e. The summed E-state index contributed by atoms with van der Waals surface area (Å²) >= 11 is 11.9. The number of nitrogens with zero attached hydrogens (tertiary/aromatic N) is 2. The molecule has 24 heavy (non-hydrogen) atoms. The van der Waals surface area contributed by atoms with Crippen LogP contribution in [0.5, 0.6) is 5.75 Å². The fraction of sp³-hybridized carbons (Fsp3) is 0.500. The van der Waals surface area contributed by atoms with E-state index in [1.807, 2.05) is 0 Å². The molecular weight excluding hydrogens is 355 g/mol. The van der Waals surface area contributed by atoms with Crippen LogP contribution in [-0.2, 0) is 4.79 Å². The van der Waals surface area contributed by atoms with Gasteiger partial charge in [0.1, 0.15) is 24.5 Å². The third-order valence-corrected chi connectivity index (χ3v) is 4.80. The SMILES string of the molecule is O=C1[C@H]2CCCCN2C(=O)N1C[C@H](O)COc1cc(Cl)ccc1Cl. The summed E-state index contributed by atoms with van der Waals surface area (Å²) in [6.07, 6.45) is 1.52. The summed E-state index contributed by atoms with van der Waals surface area (Å²) in [6, 6.07) is 4.07. The van der Waals surface area contributed by atoms with E-state index in [1.165, 1.54) is 0 Å². The fourth-order valence-electron chi connectivity index (χ4n) is 3.05. The van der Waals surface area contributed by atoms with E-state index in [2.05, 4.69) is 0 Å². The zero-order chi connectivity index (χ0) is 17.3. The standard InChI is InChI=1S/C16H18Cl2N2O4/c17-10-4-5-12(18)14(7-10)24-9-11(21)8-20-15(22)13-3-1-2-6-19(13)16(20)23/h4-5,7,11,13,21H,1-3,6,8-9H2/t11-,13+/m0/s1. The van der Waals surface area contributed by atoms with Gasteiger partial charge in [-0.3, -0.25) is 9.69 Å². The highest BCUT2D eigenvalue weighted by molar-refractivity contribution is 6.34. The van der Waals surface area contributed by atoms with Gasteiger partial charge >= 0.3 is 6.03 Å². The van der Waals surface area contributed by atoms with Crippen LogP contribution in [0.4, 0.5) is 4.79 Å². The van der Waals surface area contributed by atoms with Crippen molar-refractivity contribution in [1.82, 2.24) is 9.80 Å². The highest BCUT2D eigenvalue weighted by Gasteiger charge is 2.46. The molecular formula is C16H18Cl2N2O4. The highest BCUT2D eigenvalue weighted by atomic mass is 35.5. The molecule has 8 heteroatoms. The Morgan fingerprint density at radius 2 is 2.08 bits per heavy atom. The number of aliphatic hydroxyl groups excluding tert-OH is 1. The summed E-state index contributed by atoms with van der Waals surface area (Å²) in [7, 11) is 0. The smallest absolute Gasteiger partial charge is 0.327 e. The van der Waals surface area contributed by atoms with Gasteiger partial charge in [0, 0.05) is 17.6 Å². The summed E-state index contributed by atoms with van der Waals surface area (Å²) < 4.78 is 5.45. The lowest BCUT2D eigenvalue weighted by Gasteiger charge is -2.26. The van der Waals surface area contributed by atoms with Crippen molar-refractivity contribution in [3.8, 4) is 5.75 Å². The van der Waals surface area contributed by atoms with E-state index >= 15 is 0 Å². The van der Waals surface area contributed by atoms with Crippen molar-refractivity contribution >= 4 is 35.1 Å². The minimum absolute atomic E-state index is 0.0944. The molecule has 2 heterocycles. The van der Waals surface area contributed by atoms with Gasteiger partial charge < -0.3 is 14.7 Å². The average Bonchev–Trinajstić information content (AvgIpc) is 2.81. The van der Waals surface area contributed by atoms with Gasteiger partial charge in [-0.05, 0) is 31.4 Å². The van der Waals surface area contributed by atoms with Gasteiger partial charge in [0.05, 0.1) is 11.6 Å². The molecule has 3 rings (SSSR count). The molecule has 0 aromatic heterocycles. The summed E-state index contributed by atoms with van der Waals surface area (Å²) in [5, 5.41) is 11.0. The minimum atomic E-state index is -1.01. The predicted molar refractivity (Wildman–Crippen MR) is 89.4 cm³/mol. The van der Waals surface area contributed by atoms with Crippen LogP contribution in [0.3, 0.4) is 0 Å². The Morgan fingerprint density at radius 3 is 2.83 bits per heavy atom. The third kappa shape index (κ3) is 3.45. The normalized spacial score (nSPS) is 21.9. The van der Waals surface area contributed by atoms with E-state index in [9.17, 15) is 14.7 Å². The zero-order valence-electron chi connectivity index (χ0n) is 13.0. The first-order valence-electron chi connectivity index (χ1n) is 7.85. The molecule has 2 saturated heterocycles. The van der Waals surface area contributed by atoms with Gasteiger partial charge in [0.2, 0.25) is 0 Å². The molecule has 1 aromatic rings. The number of piperidine rings is 1. The molecule has 130 valence electrons. The van der Waals surface area contributed by atoms with Crippen molar-refractivity contribution in [2.45, 2.75) is 31.4 Å². The van der Waals surface area contributed by atoms with Gasteiger partial charge in [-0.25, -0.2) is 4.79 Å². The number of β-amino-alcohol motifs (C(OH)–C–C–N with tert-alkyl or cyclic N) is 1. The molecule has 0 saturated carbocycles. The molecule has 2 aliphatic heterocycles. The Labute approximate surface area is 149 Å². The van der Waals surface area contributed by atoms with Gasteiger partial charge in [0.15, 0.2) is 0 Å². The zero-order valence-corrected chi connectivity index (χ0v) is 14.5. The topological polar surface area (TPSA) is 70.1 Å². The number of imide groups is 1. The second-order valence-electron chi connectivity index (χ2n) is 5.98. The maximum absolute atomic E-state index is 12.3. The van der Waals surface area contributed by atoms with Gasteiger partial charge in [-0.15, -0.1) is 0 Å². The van der Waals surface area contributed by atoms with Crippen molar-refractivity contribution in [3.05, 3.63) is 28.2 Å². The molecule has 0 bridgehead atoms. The lowest BCUT2D eigenvalue weighted by molar-refractivity contribution is -0.129. The van der Waals surface area contributed by atoms with Crippen molar-refractivity contribution in [1.29, 1.82) is 0 Å². The number of rotatable bonds is 5. The van der Waals surface area contributed by atoms with E-state index in [0.717, 1.165) is 17.7 Å². The first-order valence-corrected chi connectivity index (χ1v) is 8.61. The van der Waals surface area contributed by atoms with E-state index in [4.69, 9.17) is 27.9 Å². The Morgan fingerprint density at radius 1 is 1.29 bits per heavy atom. The number of fused-ring (bicyclic) bond motifs is 1. The van der Waals surface area contributed by atoms with Crippen LogP contribution in [0, 0.1) is 0 Å². The van der Waals surface area contributed by atoms with Gasteiger partial charge in [-0.1, -0.05) is 23.2 Å². The lowest BCUT2D eigenvalue weighted by Crippen LogP contribution is -2.40. The second-order valence-corrected chi connectivity index (χ2v) is 6.82. The number of hydrogen-bond acceptors (Lipinski definition) is 4. The molecule has 2 aliphatic rings. The van der Waals surface area contributed by atoms with E-state index in [1.54, 1.807) is 23.1 Å². The number of benzene rings is 1. The first-order chi connectivity index (χ1) is 11.5. The van der Waals surface area contributed by atoms with Crippen molar-refractivity contribution in [2.24, 2.45) is 0 Å². The molecule has 1 N–H and O–H groups in total. The van der Waals surface area contributed by atoms with Crippen LogP contribution in [0.1, 0.15) is 19.3 Å². The monoisotopic (exact) mass is 372 g/mol. The molecule has 0 radical (unpaired) electrons. The van der Waals surface area contributed by atoms with E-state index < -0.39 is 6.10 Å². The number of aliphatic hydroxyl groups is 1. The van der Waals surface area contributed by atoms with Crippen LogP contribution < -0.4 is 4.74 Å². The Balaban J connectivity index is 1.58. The number of carbonyl (C=O) groups is 2. The van der Waals surface area contributed by atoms with Gasteiger partial charge in [0.25, 0.3) is 5.91 Å². The second kappa shape index (κ2) is 7.17.